The molecule has 0 saturated carbocycles. The van der Waals surface area contributed by atoms with Gasteiger partial charge in [0.25, 0.3) is 0 Å². The van der Waals surface area contributed by atoms with Crippen LogP contribution in [0.1, 0.15) is 16.8 Å². The molecule has 1 saturated heterocycles. The number of aliphatic carboxylic acids is 1. The van der Waals surface area contributed by atoms with Gasteiger partial charge in [-0.3, -0.25) is 9.89 Å². The molecular weight excluding hydrogens is 619 g/mol. The van der Waals surface area contributed by atoms with Crippen molar-refractivity contribution in [3.63, 3.8) is 0 Å². The summed E-state index contributed by atoms with van der Waals surface area (Å²) >= 11 is 6.97. The highest BCUT2D eigenvalue weighted by atomic mass is 35.5. The second-order valence-electron chi connectivity index (χ2n) is 11.6. The molecule has 3 aromatic carbocycles. The number of benzene rings is 3. The largest absolute Gasteiger partial charge is 0.491 e. The highest BCUT2D eigenvalue weighted by molar-refractivity contribution is 6.33. The number of halogens is 2. The minimum absolute atomic E-state index is 0.225. The number of carboxylic acids is 1. The standard InChI is InChI=1S/C36H40ClFN6O3/c1-24-28(14-15-31(33(24)37)47-21-20-43-18-16-42(4)17-19-43)32-29(26-10-12-27(38)13-11-26)23-44(40-3)34(32)35(39-2)41-30(36(45)46)22-25-8-6-5-7-9-25/h5-15,23,30H,3,16-22H2,1-2,4H3,(H,39,41)(H,45,46)/t30-/m1/s1. The van der Waals surface area contributed by atoms with E-state index in [-0.39, 0.29) is 12.2 Å². The van der Waals surface area contributed by atoms with E-state index in [9.17, 15) is 14.3 Å². The molecule has 5 rings (SSSR count). The minimum atomic E-state index is -1.03. The van der Waals surface area contributed by atoms with Gasteiger partial charge in [-0.2, -0.15) is 5.10 Å². The molecule has 4 aromatic rings. The maximum atomic E-state index is 14.0. The van der Waals surface area contributed by atoms with Crippen molar-refractivity contribution in [2.75, 3.05) is 53.4 Å². The molecule has 1 aliphatic rings. The summed E-state index contributed by atoms with van der Waals surface area (Å²) in [6.45, 7) is 11.0. The number of nitrogens with one attached hydrogen (secondary N) is 1. The molecule has 0 spiro atoms. The number of piperazine rings is 1. The molecule has 0 unspecified atom stereocenters. The smallest absolute Gasteiger partial charge is 0.326 e. The van der Waals surface area contributed by atoms with E-state index in [0.717, 1.165) is 55.0 Å². The molecule has 9 nitrogen and oxygen atoms in total. The van der Waals surface area contributed by atoms with Crippen LogP contribution in [0.25, 0.3) is 22.3 Å². The number of aliphatic imine (C=N–C) groups is 1. The van der Waals surface area contributed by atoms with Gasteiger partial charge in [0.05, 0.1) is 5.02 Å². The van der Waals surface area contributed by atoms with Gasteiger partial charge in [-0.15, -0.1) is 0 Å². The Kier molecular flexibility index (Phi) is 11.1. The fourth-order valence-corrected chi connectivity index (χ4v) is 6.02. The third-order valence-electron chi connectivity index (χ3n) is 8.52. The van der Waals surface area contributed by atoms with E-state index in [0.29, 0.717) is 40.0 Å². The summed E-state index contributed by atoms with van der Waals surface area (Å²) in [6.07, 6.45) is 2.00. The van der Waals surface area contributed by atoms with E-state index >= 15 is 0 Å². The van der Waals surface area contributed by atoms with Crippen LogP contribution in [0.4, 0.5) is 4.39 Å². The Morgan fingerprint density at radius 1 is 1.06 bits per heavy atom. The molecule has 11 heteroatoms. The lowest BCUT2D eigenvalue weighted by Gasteiger charge is -2.32. The van der Waals surface area contributed by atoms with Crippen LogP contribution in [0.2, 0.25) is 5.02 Å². The van der Waals surface area contributed by atoms with E-state index in [1.807, 2.05) is 49.4 Å². The number of ether oxygens (including phenoxy) is 1. The minimum Gasteiger partial charge on any atom is -0.491 e. The molecule has 0 amide bonds. The van der Waals surface area contributed by atoms with Gasteiger partial charge in [0, 0.05) is 70.2 Å². The SMILES string of the molecule is C=Nn1cc(-c2ccc(F)cc2)c(-c2ccc(OCCN3CCN(C)CC3)c(Cl)c2C)c1/C(=N\C)N[C@H](Cc1ccccc1)C(=O)O. The number of hydrogen-bond donors (Lipinski definition) is 2. The van der Waals surface area contributed by atoms with Crippen LogP contribution in [0.3, 0.4) is 0 Å². The molecule has 2 heterocycles. The molecule has 1 atom stereocenters. The number of carbonyl (C=O) groups is 1. The maximum absolute atomic E-state index is 14.0. The first-order valence-electron chi connectivity index (χ1n) is 15.5. The Labute approximate surface area is 279 Å². The van der Waals surface area contributed by atoms with E-state index in [1.54, 1.807) is 30.1 Å². The van der Waals surface area contributed by atoms with Gasteiger partial charge < -0.3 is 20.1 Å². The molecule has 246 valence electrons. The fourth-order valence-electron chi connectivity index (χ4n) is 5.81. The van der Waals surface area contributed by atoms with Crippen molar-refractivity contribution in [2.24, 2.45) is 10.1 Å². The first-order chi connectivity index (χ1) is 22.7. The van der Waals surface area contributed by atoms with Gasteiger partial charge in [0.1, 0.15) is 35.7 Å². The Bertz CT molecular complexity index is 1730. The molecule has 1 fully saturated rings. The van der Waals surface area contributed by atoms with Gasteiger partial charge in [-0.05, 0) is 54.4 Å². The van der Waals surface area contributed by atoms with Crippen molar-refractivity contribution >= 4 is 30.1 Å². The van der Waals surface area contributed by atoms with Gasteiger partial charge in [-0.1, -0.05) is 60.1 Å². The summed E-state index contributed by atoms with van der Waals surface area (Å²) < 4.78 is 21.7. The van der Waals surface area contributed by atoms with Gasteiger partial charge in [0.15, 0.2) is 0 Å². The van der Waals surface area contributed by atoms with E-state index < -0.39 is 12.0 Å². The third-order valence-corrected chi connectivity index (χ3v) is 8.98. The highest BCUT2D eigenvalue weighted by Gasteiger charge is 2.28. The number of likely N-dealkylation sites (N-methyl/N-ethyl adjacent to an activating group) is 1. The number of amidine groups is 1. The number of hydrogen-bond acceptors (Lipinski definition) is 6. The molecule has 47 heavy (non-hydrogen) atoms. The van der Waals surface area contributed by atoms with Crippen LogP contribution in [0.5, 0.6) is 5.75 Å². The Hall–Kier alpha value is -4.51. The molecule has 2 N–H and O–H groups in total. The molecule has 0 radical (unpaired) electrons. The van der Waals surface area contributed by atoms with E-state index in [2.05, 4.69) is 39.0 Å². The average Bonchev–Trinajstić information content (AvgIpc) is 3.45. The Balaban J connectivity index is 1.54. The van der Waals surface area contributed by atoms with Crippen LogP contribution >= 0.6 is 11.6 Å². The topological polar surface area (TPSA) is 94.7 Å². The third kappa shape index (κ3) is 7.90. The number of carboxylic acid groups (broad SMARTS) is 1. The lowest BCUT2D eigenvalue weighted by molar-refractivity contribution is -0.139. The van der Waals surface area contributed by atoms with Crippen molar-refractivity contribution in [3.05, 3.63) is 101 Å². The zero-order chi connectivity index (χ0) is 33.5. The lowest BCUT2D eigenvalue weighted by Crippen LogP contribution is -2.45. The van der Waals surface area contributed by atoms with Crippen LogP contribution < -0.4 is 10.1 Å². The molecule has 1 aromatic heterocycles. The van der Waals surface area contributed by atoms with Crippen molar-refractivity contribution in [2.45, 2.75) is 19.4 Å². The van der Waals surface area contributed by atoms with Crippen LogP contribution in [0.15, 0.2) is 83.0 Å². The zero-order valence-corrected chi connectivity index (χ0v) is 27.7. The molecular formula is C36H40ClFN6O3. The molecule has 0 bridgehead atoms. The molecule has 0 aliphatic carbocycles. The summed E-state index contributed by atoms with van der Waals surface area (Å²) in [5, 5.41) is 18.1. The summed E-state index contributed by atoms with van der Waals surface area (Å²) in [7, 11) is 3.72. The maximum Gasteiger partial charge on any atom is 0.326 e. The van der Waals surface area contributed by atoms with Crippen molar-refractivity contribution in [1.29, 1.82) is 0 Å². The summed E-state index contributed by atoms with van der Waals surface area (Å²) in [4.78, 5) is 21.7. The number of aromatic nitrogens is 1. The van der Waals surface area contributed by atoms with Crippen LogP contribution in [-0.2, 0) is 11.2 Å². The predicted molar refractivity (Wildman–Crippen MR) is 187 cm³/mol. The van der Waals surface area contributed by atoms with E-state index in [4.69, 9.17) is 16.3 Å². The van der Waals surface area contributed by atoms with Crippen molar-refractivity contribution < 1.29 is 19.0 Å². The van der Waals surface area contributed by atoms with Crippen molar-refractivity contribution in [3.8, 4) is 28.0 Å². The zero-order valence-electron chi connectivity index (χ0n) is 26.9. The summed E-state index contributed by atoms with van der Waals surface area (Å²) in [6, 6.07) is 18.3. The monoisotopic (exact) mass is 658 g/mol. The predicted octanol–water partition coefficient (Wildman–Crippen LogP) is 5.67. The first-order valence-corrected chi connectivity index (χ1v) is 15.9. The average molecular weight is 659 g/mol. The van der Waals surface area contributed by atoms with Crippen LogP contribution in [-0.4, -0.2) is 97.6 Å². The molecule has 1 aliphatic heterocycles. The normalized spacial score (nSPS) is 15.0. The summed E-state index contributed by atoms with van der Waals surface area (Å²) in [5.74, 6) is -0.522. The number of nitrogens with zero attached hydrogens (tertiary/aromatic N) is 5. The second kappa shape index (κ2) is 15.4. The Morgan fingerprint density at radius 3 is 2.40 bits per heavy atom. The highest BCUT2D eigenvalue weighted by Crippen LogP contribution is 2.42. The quantitative estimate of drug-likeness (QED) is 0.150. The number of rotatable bonds is 12. The Morgan fingerprint density at radius 2 is 1.77 bits per heavy atom. The summed E-state index contributed by atoms with van der Waals surface area (Å²) in [5.41, 5.74) is 4.99. The van der Waals surface area contributed by atoms with Crippen molar-refractivity contribution in [1.82, 2.24) is 19.8 Å². The van der Waals surface area contributed by atoms with Gasteiger partial charge >= 0.3 is 5.97 Å². The lowest BCUT2D eigenvalue weighted by atomic mass is 9.93. The second-order valence-corrected chi connectivity index (χ2v) is 12.0. The van der Waals surface area contributed by atoms with Gasteiger partial charge in [-0.25, -0.2) is 13.9 Å². The fraction of sp³-hybridized carbons (Fsp3) is 0.306. The first kappa shape index (κ1) is 33.8. The van der Waals surface area contributed by atoms with Gasteiger partial charge in [0.2, 0.25) is 0 Å². The van der Waals surface area contributed by atoms with E-state index in [1.165, 1.54) is 12.1 Å². The van der Waals surface area contributed by atoms with Crippen LogP contribution in [0, 0.1) is 12.7 Å².